The smallest absolute Gasteiger partial charge is 0.475 e. The summed E-state index contributed by atoms with van der Waals surface area (Å²) >= 11 is 1.48. The van der Waals surface area contributed by atoms with Crippen LogP contribution < -0.4 is 0 Å². The summed E-state index contributed by atoms with van der Waals surface area (Å²) in [7, 11) is 0. The van der Waals surface area contributed by atoms with E-state index < -0.39 is 12.1 Å². The fourth-order valence-corrected chi connectivity index (χ4v) is 4.34. The van der Waals surface area contributed by atoms with Gasteiger partial charge in [-0.3, -0.25) is 14.7 Å². The van der Waals surface area contributed by atoms with Crippen LogP contribution in [0.4, 0.5) is 13.2 Å². The molecule has 30 heavy (non-hydrogen) atoms. The second kappa shape index (κ2) is 9.52. The highest BCUT2D eigenvalue weighted by molar-refractivity contribution is 7.07. The number of thiazole rings is 1. The van der Waals surface area contributed by atoms with Crippen molar-refractivity contribution in [1.29, 1.82) is 0 Å². The van der Waals surface area contributed by atoms with Crippen molar-refractivity contribution in [2.45, 2.75) is 19.1 Å². The van der Waals surface area contributed by atoms with Crippen LogP contribution in [-0.4, -0.2) is 69.1 Å². The molecule has 4 rings (SSSR count). The Labute approximate surface area is 175 Å². The monoisotopic (exact) mass is 442 g/mol. The number of hydrogen-bond acceptors (Lipinski definition) is 6. The third-order valence-corrected chi connectivity index (χ3v) is 5.77. The first-order valence-corrected chi connectivity index (χ1v) is 10.3. The number of fused-ring (bicyclic) bond motifs is 1. The van der Waals surface area contributed by atoms with Gasteiger partial charge in [0.05, 0.1) is 5.51 Å². The summed E-state index contributed by atoms with van der Waals surface area (Å²) in [6.07, 6.45) is -0.223. The van der Waals surface area contributed by atoms with Crippen LogP contribution in [0.15, 0.2) is 35.4 Å². The summed E-state index contributed by atoms with van der Waals surface area (Å²) in [5.74, 6) is -1.36. The predicted molar refractivity (Wildman–Crippen MR) is 103 cm³/mol. The lowest BCUT2D eigenvalue weighted by atomic mass is 9.88. The molecule has 2 aromatic rings. The number of carboxylic acids is 1. The second-order valence-corrected chi connectivity index (χ2v) is 8.01. The van der Waals surface area contributed by atoms with Crippen LogP contribution in [0.2, 0.25) is 0 Å². The highest BCUT2D eigenvalue weighted by Crippen LogP contribution is 2.32. The van der Waals surface area contributed by atoms with E-state index in [2.05, 4.69) is 20.9 Å². The summed E-state index contributed by atoms with van der Waals surface area (Å²) in [5, 5.41) is 8.97. The number of alkyl halides is 3. The number of carbonyl (C=O) groups is 2. The van der Waals surface area contributed by atoms with E-state index in [4.69, 9.17) is 9.90 Å². The first kappa shape index (κ1) is 22.2. The van der Waals surface area contributed by atoms with Crippen LogP contribution in [0.25, 0.3) is 0 Å². The molecule has 0 aromatic carbocycles. The van der Waals surface area contributed by atoms with Crippen LogP contribution in [0.1, 0.15) is 22.5 Å². The summed E-state index contributed by atoms with van der Waals surface area (Å²) in [6.45, 7) is 4.89. The minimum absolute atomic E-state index is 0.0930. The minimum atomic E-state index is -5.08. The number of likely N-dealkylation sites (tertiary alicyclic amines) is 2. The van der Waals surface area contributed by atoms with E-state index in [0.29, 0.717) is 17.5 Å². The van der Waals surface area contributed by atoms with Gasteiger partial charge >= 0.3 is 12.1 Å². The third-order valence-electron chi connectivity index (χ3n) is 5.19. The normalized spacial score (nSPS) is 21.5. The van der Waals surface area contributed by atoms with E-state index in [1.54, 1.807) is 5.51 Å². The van der Waals surface area contributed by atoms with E-state index in [1.165, 1.54) is 16.9 Å². The Morgan fingerprint density at radius 2 is 1.97 bits per heavy atom. The van der Waals surface area contributed by atoms with Crippen LogP contribution in [0.3, 0.4) is 0 Å². The quantitative estimate of drug-likeness (QED) is 0.787. The van der Waals surface area contributed by atoms with Crippen LogP contribution >= 0.6 is 11.3 Å². The predicted octanol–water partition coefficient (Wildman–Crippen LogP) is 2.77. The van der Waals surface area contributed by atoms with Gasteiger partial charge in [-0.05, 0) is 29.9 Å². The van der Waals surface area contributed by atoms with Crippen LogP contribution in [0.5, 0.6) is 0 Å². The highest BCUT2D eigenvalue weighted by atomic mass is 32.1. The molecular weight excluding hydrogens is 421 g/mol. The fraction of sp³-hybridized carbons (Fsp3) is 0.474. The molecule has 2 aliphatic heterocycles. The Hall–Kier alpha value is -2.53. The third kappa shape index (κ3) is 5.76. The first-order chi connectivity index (χ1) is 14.2. The van der Waals surface area contributed by atoms with Gasteiger partial charge in [-0.15, -0.1) is 11.3 Å². The standard InChI is InChI=1S/C17H20N4OS.C2HF3O2/c22-17(16-11-23-12-19-16)21-5-3-14-8-20(9-15(14)10-21)7-13-2-1-4-18-6-13;3-2(4,5)1(6)7/h1-2,4,6,11-12,14-15H,3,5,7-10H2;(H,6,7)/t14-,15-;/m1./s1. The van der Waals surface area contributed by atoms with Crippen molar-refractivity contribution in [1.82, 2.24) is 19.8 Å². The number of halogens is 3. The van der Waals surface area contributed by atoms with Crippen LogP contribution in [-0.2, 0) is 11.3 Å². The summed E-state index contributed by atoms with van der Waals surface area (Å²) in [6, 6.07) is 4.12. The molecule has 0 spiro atoms. The summed E-state index contributed by atoms with van der Waals surface area (Å²) in [5.41, 5.74) is 3.59. The first-order valence-electron chi connectivity index (χ1n) is 9.33. The number of carbonyl (C=O) groups excluding carboxylic acids is 1. The molecule has 1 N–H and O–H groups in total. The zero-order chi connectivity index (χ0) is 21.7. The number of amides is 1. The summed E-state index contributed by atoms with van der Waals surface area (Å²) in [4.78, 5) is 34.2. The molecule has 2 saturated heterocycles. The van der Waals surface area contributed by atoms with Crippen molar-refractivity contribution >= 4 is 23.2 Å². The lowest BCUT2D eigenvalue weighted by Gasteiger charge is -2.34. The number of pyridine rings is 1. The number of carboxylic acid groups (broad SMARTS) is 1. The maximum atomic E-state index is 12.5. The zero-order valence-corrected chi connectivity index (χ0v) is 16.8. The molecule has 4 heterocycles. The number of hydrogen-bond donors (Lipinski definition) is 1. The Morgan fingerprint density at radius 1 is 1.23 bits per heavy atom. The van der Waals surface area contributed by atoms with Gasteiger partial charge in [-0.25, -0.2) is 9.78 Å². The number of aliphatic carboxylic acids is 1. The number of piperidine rings is 1. The lowest BCUT2D eigenvalue weighted by Crippen LogP contribution is -2.43. The molecular formula is C19H21F3N4O3S. The Kier molecular flexibility index (Phi) is 7.03. The van der Waals surface area contributed by atoms with Crippen molar-refractivity contribution in [3.8, 4) is 0 Å². The highest BCUT2D eigenvalue weighted by Gasteiger charge is 2.39. The molecule has 0 radical (unpaired) electrons. The maximum Gasteiger partial charge on any atom is 0.490 e. The molecule has 0 unspecified atom stereocenters. The van der Waals surface area contributed by atoms with Gasteiger partial charge in [0.2, 0.25) is 0 Å². The van der Waals surface area contributed by atoms with Gasteiger partial charge in [-0.1, -0.05) is 6.07 Å². The minimum Gasteiger partial charge on any atom is -0.475 e. The van der Waals surface area contributed by atoms with E-state index >= 15 is 0 Å². The summed E-state index contributed by atoms with van der Waals surface area (Å²) < 4.78 is 31.7. The van der Waals surface area contributed by atoms with Crippen LogP contribution in [0, 0.1) is 11.8 Å². The molecule has 2 atom stereocenters. The van der Waals surface area contributed by atoms with E-state index in [1.807, 2.05) is 28.7 Å². The van der Waals surface area contributed by atoms with Crippen molar-refractivity contribution in [2.75, 3.05) is 26.2 Å². The molecule has 0 saturated carbocycles. The van der Waals surface area contributed by atoms with Gasteiger partial charge < -0.3 is 10.0 Å². The average molecular weight is 442 g/mol. The maximum absolute atomic E-state index is 12.5. The van der Waals surface area contributed by atoms with Gasteiger partial charge in [0, 0.05) is 50.5 Å². The molecule has 7 nitrogen and oxygen atoms in total. The second-order valence-electron chi connectivity index (χ2n) is 7.29. The van der Waals surface area contributed by atoms with E-state index in [0.717, 1.165) is 39.1 Å². The molecule has 11 heteroatoms. The van der Waals surface area contributed by atoms with Crippen molar-refractivity contribution < 1.29 is 27.9 Å². The molecule has 0 aliphatic carbocycles. The van der Waals surface area contributed by atoms with Gasteiger partial charge in [0.15, 0.2) is 0 Å². The average Bonchev–Trinajstić information content (AvgIpc) is 3.37. The zero-order valence-electron chi connectivity index (χ0n) is 16.0. The van der Waals surface area contributed by atoms with Gasteiger partial charge in [-0.2, -0.15) is 13.2 Å². The van der Waals surface area contributed by atoms with Crippen molar-refractivity contribution in [2.24, 2.45) is 11.8 Å². The molecule has 2 aromatic heterocycles. The SMILES string of the molecule is O=C(O)C(F)(F)F.O=C(c1cscn1)N1CC[C@@H]2CN(Cc3cccnc3)C[C@@H]2C1. The van der Waals surface area contributed by atoms with E-state index in [9.17, 15) is 18.0 Å². The fourth-order valence-electron chi connectivity index (χ4n) is 3.81. The largest absolute Gasteiger partial charge is 0.490 e. The number of aromatic nitrogens is 2. The molecule has 2 fully saturated rings. The van der Waals surface area contributed by atoms with Gasteiger partial charge in [0.1, 0.15) is 5.69 Å². The molecule has 0 bridgehead atoms. The van der Waals surface area contributed by atoms with E-state index in [-0.39, 0.29) is 5.91 Å². The molecule has 1 amide bonds. The lowest BCUT2D eigenvalue weighted by molar-refractivity contribution is -0.192. The number of rotatable bonds is 3. The molecule has 2 aliphatic rings. The van der Waals surface area contributed by atoms with Gasteiger partial charge in [0.25, 0.3) is 5.91 Å². The number of nitrogens with zero attached hydrogens (tertiary/aromatic N) is 4. The Morgan fingerprint density at radius 3 is 2.57 bits per heavy atom. The van der Waals surface area contributed by atoms with Crippen molar-refractivity contribution in [3.05, 3.63) is 46.7 Å². The Bertz CT molecular complexity index is 848. The topological polar surface area (TPSA) is 86.6 Å². The Balaban J connectivity index is 0.000000318. The molecule has 162 valence electrons. The van der Waals surface area contributed by atoms with Crippen molar-refractivity contribution in [3.63, 3.8) is 0 Å².